The Labute approximate surface area is 150 Å². The summed E-state index contributed by atoms with van der Waals surface area (Å²) in [4.78, 5) is 14.6. The van der Waals surface area contributed by atoms with Crippen molar-refractivity contribution in [3.63, 3.8) is 0 Å². The van der Waals surface area contributed by atoms with Crippen molar-refractivity contribution in [1.82, 2.24) is 0 Å². The summed E-state index contributed by atoms with van der Waals surface area (Å²) in [5, 5.41) is 0. The van der Waals surface area contributed by atoms with Gasteiger partial charge in [0.05, 0.1) is 13.7 Å². The van der Waals surface area contributed by atoms with Gasteiger partial charge in [-0.1, -0.05) is 24.3 Å². The average molecular weight is 341 g/mol. The highest BCUT2D eigenvalue weighted by Gasteiger charge is 2.22. The maximum Gasteiger partial charge on any atom is 0.255 e. The normalized spacial score (nSPS) is 11.9. The molecule has 1 atom stereocenters. The zero-order chi connectivity index (χ0) is 18.4. The molecule has 0 saturated heterocycles. The number of hydrogen-bond acceptors (Lipinski definition) is 3. The molecule has 25 heavy (non-hydrogen) atoms. The molecule has 0 heterocycles. The van der Waals surface area contributed by atoms with Crippen molar-refractivity contribution in [3.8, 4) is 5.75 Å². The summed E-state index contributed by atoms with van der Waals surface area (Å²) in [7, 11) is 1.63. The second kappa shape index (κ2) is 8.67. The van der Waals surface area contributed by atoms with E-state index >= 15 is 0 Å². The van der Waals surface area contributed by atoms with Crippen molar-refractivity contribution < 1.29 is 14.3 Å². The maximum absolute atomic E-state index is 12.9. The van der Waals surface area contributed by atoms with Gasteiger partial charge in [-0.05, 0) is 62.6 Å². The first kappa shape index (κ1) is 19.0. The number of carbonyl (C=O) groups is 1. The van der Waals surface area contributed by atoms with Gasteiger partial charge in [0.25, 0.3) is 5.91 Å². The largest absolute Gasteiger partial charge is 0.497 e. The summed E-state index contributed by atoms with van der Waals surface area (Å²) in [5.74, 6) is 0.754. The molecule has 0 aliphatic carbocycles. The van der Waals surface area contributed by atoms with Crippen molar-refractivity contribution in [3.05, 3.63) is 59.2 Å². The van der Waals surface area contributed by atoms with Gasteiger partial charge in [-0.2, -0.15) is 0 Å². The molecule has 0 bridgehead atoms. The second-order valence-electron chi connectivity index (χ2n) is 6.18. The topological polar surface area (TPSA) is 38.8 Å². The fourth-order valence-corrected chi connectivity index (χ4v) is 2.73. The van der Waals surface area contributed by atoms with Crippen LogP contribution in [0.3, 0.4) is 0 Å². The van der Waals surface area contributed by atoms with Crippen LogP contribution in [0.15, 0.2) is 42.5 Å². The number of ether oxygens (including phenoxy) is 2. The first-order valence-corrected chi connectivity index (χ1v) is 8.59. The summed E-state index contributed by atoms with van der Waals surface area (Å²) in [6.07, 6.45) is -0.522. The van der Waals surface area contributed by atoms with E-state index < -0.39 is 6.10 Å². The average Bonchev–Trinajstić information content (AvgIpc) is 2.63. The predicted molar refractivity (Wildman–Crippen MR) is 101 cm³/mol. The van der Waals surface area contributed by atoms with Crippen LogP contribution in [0.25, 0.3) is 0 Å². The number of anilines is 1. The highest BCUT2D eigenvalue weighted by molar-refractivity contribution is 5.97. The Balaban J connectivity index is 2.07. The number of aryl methyl sites for hydroxylation is 2. The van der Waals surface area contributed by atoms with Crippen LogP contribution in [0.2, 0.25) is 0 Å². The quantitative estimate of drug-likeness (QED) is 0.755. The van der Waals surface area contributed by atoms with Gasteiger partial charge in [-0.3, -0.25) is 4.79 Å². The molecule has 2 rings (SSSR count). The molecule has 134 valence electrons. The van der Waals surface area contributed by atoms with E-state index in [9.17, 15) is 4.79 Å². The first-order valence-electron chi connectivity index (χ1n) is 8.59. The zero-order valence-electron chi connectivity index (χ0n) is 15.7. The van der Waals surface area contributed by atoms with E-state index in [1.807, 2.05) is 57.2 Å². The smallest absolute Gasteiger partial charge is 0.255 e. The number of hydrogen-bond donors (Lipinski definition) is 0. The highest BCUT2D eigenvalue weighted by atomic mass is 16.5. The van der Waals surface area contributed by atoms with Gasteiger partial charge in [0.15, 0.2) is 0 Å². The SMILES string of the molecule is CCN(C(=O)C(C)OCc1cccc(OC)c1)c1cc(C)ccc1C. The monoisotopic (exact) mass is 341 g/mol. The summed E-state index contributed by atoms with van der Waals surface area (Å²) >= 11 is 0. The standard InChI is InChI=1S/C21H27NO3/c1-6-22(20-12-15(2)10-11-16(20)3)21(23)17(4)25-14-18-8-7-9-19(13-18)24-5/h7-13,17H,6,14H2,1-5H3. The molecule has 0 aromatic heterocycles. The number of carbonyl (C=O) groups excluding carboxylic acids is 1. The molecule has 1 amide bonds. The minimum atomic E-state index is -0.522. The fourth-order valence-electron chi connectivity index (χ4n) is 2.73. The molecule has 4 nitrogen and oxygen atoms in total. The van der Waals surface area contributed by atoms with Gasteiger partial charge in [-0.15, -0.1) is 0 Å². The van der Waals surface area contributed by atoms with Crippen molar-refractivity contribution in [2.75, 3.05) is 18.6 Å². The molecule has 0 saturated carbocycles. The lowest BCUT2D eigenvalue weighted by molar-refractivity contribution is -0.129. The van der Waals surface area contributed by atoms with Crippen LogP contribution in [0, 0.1) is 13.8 Å². The number of methoxy groups -OCH3 is 1. The highest BCUT2D eigenvalue weighted by Crippen LogP contribution is 2.23. The minimum Gasteiger partial charge on any atom is -0.497 e. The maximum atomic E-state index is 12.9. The van der Waals surface area contributed by atoms with Gasteiger partial charge < -0.3 is 14.4 Å². The molecule has 0 aliphatic rings. The van der Waals surface area contributed by atoms with Crippen LogP contribution in [-0.4, -0.2) is 25.7 Å². The number of amides is 1. The number of likely N-dealkylation sites (N-methyl/N-ethyl adjacent to an activating group) is 1. The van der Waals surface area contributed by atoms with E-state index in [0.29, 0.717) is 13.2 Å². The van der Waals surface area contributed by atoms with E-state index in [1.54, 1.807) is 18.9 Å². The molecule has 0 spiro atoms. The third-order valence-electron chi connectivity index (χ3n) is 4.22. The van der Waals surface area contributed by atoms with Gasteiger partial charge >= 0.3 is 0 Å². The minimum absolute atomic E-state index is 0.0286. The molecule has 0 aliphatic heterocycles. The van der Waals surface area contributed by atoms with E-state index in [-0.39, 0.29) is 5.91 Å². The van der Waals surface area contributed by atoms with Crippen molar-refractivity contribution in [1.29, 1.82) is 0 Å². The van der Waals surface area contributed by atoms with Crippen molar-refractivity contribution in [2.45, 2.75) is 40.4 Å². The molecule has 1 unspecified atom stereocenters. The molecular formula is C21H27NO3. The van der Waals surface area contributed by atoms with Crippen LogP contribution in [-0.2, 0) is 16.1 Å². The van der Waals surface area contributed by atoms with E-state index in [1.165, 1.54) is 0 Å². The Kier molecular flexibility index (Phi) is 6.59. The summed E-state index contributed by atoms with van der Waals surface area (Å²) in [6, 6.07) is 13.8. The number of benzene rings is 2. The lowest BCUT2D eigenvalue weighted by Crippen LogP contribution is -2.39. The molecule has 2 aromatic carbocycles. The molecule has 4 heteroatoms. The third-order valence-corrected chi connectivity index (χ3v) is 4.22. The summed E-state index contributed by atoms with van der Waals surface area (Å²) in [6.45, 7) is 8.81. The van der Waals surface area contributed by atoms with E-state index in [2.05, 4.69) is 6.07 Å². The van der Waals surface area contributed by atoms with Crippen LogP contribution in [0.1, 0.15) is 30.5 Å². The van der Waals surface area contributed by atoms with Crippen LogP contribution < -0.4 is 9.64 Å². The number of nitrogens with zero attached hydrogens (tertiary/aromatic N) is 1. The Morgan fingerprint density at radius 3 is 2.60 bits per heavy atom. The van der Waals surface area contributed by atoms with Crippen LogP contribution in [0.4, 0.5) is 5.69 Å². The van der Waals surface area contributed by atoms with Crippen molar-refractivity contribution >= 4 is 11.6 Å². The molecule has 0 fully saturated rings. The fraction of sp³-hybridized carbons (Fsp3) is 0.381. The second-order valence-corrected chi connectivity index (χ2v) is 6.18. The zero-order valence-corrected chi connectivity index (χ0v) is 15.7. The van der Waals surface area contributed by atoms with Crippen molar-refractivity contribution in [2.24, 2.45) is 0 Å². The lowest BCUT2D eigenvalue weighted by atomic mass is 10.1. The Morgan fingerprint density at radius 2 is 1.92 bits per heavy atom. The van der Waals surface area contributed by atoms with Gasteiger partial charge in [0.1, 0.15) is 11.9 Å². The summed E-state index contributed by atoms with van der Waals surface area (Å²) in [5.41, 5.74) is 4.15. The van der Waals surface area contributed by atoms with Gasteiger partial charge in [0, 0.05) is 12.2 Å². The van der Waals surface area contributed by atoms with Crippen LogP contribution >= 0.6 is 0 Å². The summed E-state index contributed by atoms with van der Waals surface area (Å²) < 4.78 is 11.0. The lowest BCUT2D eigenvalue weighted by Gasteiger charge is -2.26. The Hall–Kier alpha value is -2.33. The molecular weight excluding hydrogens is 314 g/mol. The van der Waals surface area contributed by atoms with Gasteiger partial charge in [0.2, 0.25) is 0 Å². The van der Waals surface area contributed by atoms with E-state index in [4.69, 9.17) is 9.47 Å². The number of rotatable bonds is 7. The Morgan fingerprint density at radius 1 is 1.16 bits per heavy atom. The van der Waals surface area contributed by atoms with Crippen LogP contribution in [0.5, 0.6) is 5.75 Å². The first-order chi connectivity index (χ1) is 12.0. The van der Waals surface area contributed by atoms with E-state index in [0.717, 1.165) is 28.1 Å². The van der Waals surface area contributed by atoms with Gasteiger partial charge in [-0.25, -0.2) is 0 Å². The third kappa shape index (κ3) is 4.83. The molecule has 2 aromatic rings. The molecule has 0 N–H and O–H groups in total. The predicted octanol–water partition coefficient (Wildman–Crippen LogP) is 4.27. The Bertz CT molecular complexity index is 727. The molecule has 0 radical (unpaired) electrons.